The van der Waals surface area contributed by atoms with Crippen LogP contribution in [0.25, 0.3) is 0 Å². The van der Waals surface area contributed by atoms with Gasteiger partial charge in [0.1, 0.15) is 0 Å². The minimum Gasteiger partial charge on any atom is -0.478 e. The second-order valence-corrected chi connectivity index (χ2v) is 10.2. The first-order valence-corrected chi connectivity index (χ1v) is 10.5. The molecule has 0 heterocycles. The molecule has 8 atom stereocenters. The third-order valence-corrected chi connectivity index (χ3v) is 9.35. The Labute approximate surface area is 156 Å². The third-order valence-electron chi connectivity index (χ3n) is 9.35. The van der Waals surface area contributed by atoms with E-state index in [9.17, 15) is 15.0 Å². The summed E-state index contributed by atoms with van der Waals surface area (Å²) in [5, 5.41) is 30.5. The average Bonchev–Trinajstić information content (AvgIpc) is 2.86. The van der Waals surface area contributed by atoms with E-state index in [0.29, 0.717) is 35.5 Å². The Balaban J connectivity index is 1.61. The first kappa shape index (κ1) is 18.5. The first-order valence-electron chi connectivity index (χ1n) is 10.5. The van der Waals surface area contributed by atoms with Crippen molar-refractivity contribution >= 4 is 5.97 Å². The molecule has 0 radical (unpaired) electrons. The monoisotopic (exact) mass is 362 g/mol. The lowest BCUT2D eigenvalue weighted by Gasteiger charge is -2.61. The predicted octanol–water partition coefficient (Wildman–Crippen LogP) is 3.76. The lowest BCUT2D eigenvalue weighted by Crippen LogP contribution is -2.56. The number of aliphatic hydroxyl groups excluding tert-OH is 1. The van der Waals surface area contributed by atoms with Gasteiger partial charge < -0.3 is 15.3 Å². The lowest BCUT2D eigenvalue weighted by atomic mass is 9.44. The van der Waals surface area contributed by atoms with Crippen molar-refractivity contribution in [3.63, 3.8) is 0 Å². The van der Waals surface area contributed by atoms with Gasteiger partial charge in [-0.25, -0.2) is 4.79 Å². The van der Waals surface area contributed by atoms with Gasteiger partial charge in [0.05, 0.1) is 11.7 Å². The summed E-state index contributed by atoms with van der Waals surface area (Å²) in [6, 6.07) is 0. The van der Waals surface area contributed by atoms with E-state index in [-0.39, 0.29) is 11.5 Å². The van der Waals surface area contributed by atoms with Crippen molar-refractivity contribution in [2.45, 2.75) is 83.3 Å². The van der Waals surface area contributed by atoms with E-state index >= 15 is 0 Å². The van der Waals surface area contributed by atoms with Crippen LogP contribution in [0.3, 0.4) is 0 Å². The van der Waals surface area contributed by atoms with E-state index in [1.165, 1.54) is 12.8 Å². The van der Waals surface area contributed by atoms with Crippen LogP contribution in [0.2, 0.25) is 0 Å². The molecule has 146 valence electrons. The summed E-state index contributed by atoms with van der Waals surface area (Å²) in [7, 11) is 0. The van der Waals surface area contributed by atoms with Gasteiger partial charge in [0.25, 0.3) is 0 Å². The molecule has 3 N–H and O–H groups in total. The molecule has 0 saturated heterocycles. The molecule has 4 heteroatoms. The number of carboxylic acids is 1. The van der Waals surface area contributed by atoms with Crippen LogP contribution < -0.4 is 0 Å². The van der Waals surface area contributed by atoms with E-state index in [2.05, 4.69) is 13.8 Å². The zero-order valence-corrected chi connectivity index (χ0v) is 16.2. The Hall–Kier alpha value is -0.870. The molecule has 0 amide bonds. The molecule has 4 nitrogen and oxygen atoms in total. The fraction of sp³-hybridized carbons (Fsp3) is 0.864. The van der Waals surface area contributed by atoms with E-state index in [4.69, 9.17) is 5.11 Å². The van der Waals surface area contributed by atoms with Crippen LogP contribution in [0.1, 0.15) is 71.6 Å². The van der Waals surface area contributed by atoms with Gasteiger partial charge in [-0.15, -0.1) is 0 Å². The molecule has 0 unspecified atom stereocenters. The molecule has 0 aliphatic heterocycles. The molecule has 4 aliphatic carbocycles. The largest absolute Gasteiger partial charge is 0.478 e. The summed E-state index contributed by atoms with van der Waals surface area (Å²) in [6.07, 6.45) is 11.8. The van der Waals surface area contributed by atoms with Crippen molar-refractivity contribution in [1.82, 2.24) is 0 Å². The fourth-order valence-corrected chi connectivity index (χ4v) is 7.77. The number of hydrogen-bond donors (Lipinski definition) is 3. The fourth-order valence-electron chi connectivity index (χ4n) is 7.77. The van der Waals surface area contributed by atoms with E-state index in [1.54, 1.807) is 6.08 Å². The minimum absolute atomic E-state index is 0.115. The van der Waals surface area contributed by atoms with Gasteiger partial charge in [0.2, 0.25) is 0 Å². The van der Waals surface area contributed by atoms with Crippen molar-refractivity contribution in [3.8, 4) is 0 Å². The summed E-state index contributed by atoms with van der Waals surface area (Å²) >= 11 is 0. The standard InChI is InChI=1S/C22H34O4/c1-20-9-5-15(23)13-14(20)3-4-16-17(20)6-10-21(2)18(16)7-11-22(21,26)12-8-19(24)25/h8,12,14-18,23,26H,3-7,9-11,13H2,1-2H3,(H,24,25)/b12-8+/t14-,15-,16+,17-,18-,20-,21-,22+/m0/s1. The highest BCUT2D eigenvalue weighted by atomic mass is 16.4. The topological polar surface area (TPSA) is 77.8 Å². The second-order valence-electron chi connectivity index (χ2n) is 10.2. The van der Waals surface area contributed by atoms with Crippen LogP contribution in [-0.2, 0) is 4.79 Å². The molecule has 0 bridgehead atoms. The van der Waals surface area contributed by atoms with Crippen molar-refractivity contribution in [2.24, 2.45) is 34.5 Å². The molecule has 0 aromatic rings. The van der Waals surface area contributed by atoms with E-state index < -0.39 is 11.6 Å². The van der Waals surface area contributed by atoms with E-state index in [1.807, 2.05) is 0 Å². The zero-order chi connectivity index (χ0) is 18.7. The summed E-state index contributed by atoms with van der Waals surface area (Å²) in [5.74, 6) is 1.47. The molecule has 4 aliphatic rings. The number of fused-ring (bicyclic) bond motifs is 5. The van der Waals surface area contributed by atoms with Gasteiger partial charge in [-0.3, -0.25) is 0 Å². The maximum absolute atomic E-state index is 11.3. The number of aliphatic hydroxyl groups is 2. The highest BCUT2D eigenvalue weighted by molar-refractivity contribution is 5.80. The van der Waals surface area contributed by atoms with Gasteiger partial charge >= 0.3 is 5.97 Å². The number of hydrogen-bond acceptors (Lipinski definition) is 3. The average molecular weight is 363 g/mol. The smallest absolute Gasteiger partial charge is 0.328 e. The molecule has 4 rings (SSSR count). The molecule has 4 saturated carbocycles. The third kappa shape index (κ3) is 2.51. The second kappa shape index (κ2) is 6.07. The van der Waals surface area contributed by atoms with Gasteiger partial charge in [-0.1, -0.05) is 13.8 Å². The summed E-state index contributed by atoms with van der Waals surface area (Å²) in [4.78, 5) is 11.0. The number of carboxylic acid groups (broad SMARTS) is 1. The molecular weight excluding hydrogens is 328 g/mol. The number of rotatable bonds is 2. The van der Waals surface area contributed by atoms with Crippen molar-refractivity contribution in [1.29, 1.82) is 0 Å². The van der Waals surface area contributed by atoms with Crippen molar-refractivity contribution in [3.05, 3.63) is 12.2 Å². The Morgan fingerprint density at radius 1 is 1.00 bits per heavy atom. The predicted molar refractivity (Wildman–Crippen MR) is 99.5 cm³/mol. The molecule has 0 aromatic heterocycles. The van der Waals surface area contributed by atoms with Gasteiger partial charge in [-0.05, 0) is 93.0 Å². The van der Waals surface area contributed by atoms with Crippen LogP contribution in [-0.4, -0.2) is 33.0 Å². The number of aliphatic carboxylic acids is 1. The maximum atomic E-state index is 11.3. The van der Waals surface area contributed by atoms with Crippen LogP contribution in [0.15, 0.2) is 12.2 Å². The quantitative estimate of drug-likeness (QED) is 0.654. The van der Waals surface area contributed by atoms with Gasteiger partial charge in [0, 0.05) is 11.5 Å². The first-order chi connectivity index (χ1) is 12.2. The Morgan fingerprint density at radius 3 is 2.46 bits per heavy atom. The van der Waals surface area contributed by atoms with Crippen LogP contribution in [0.5, 0.6) is 0 Å². The van der Waals surface area contributed by atoms with Crippen LogP contribution in [0.4, 0.5) is 0 Å². The summed E-state index contributed by atoms with van der Waals surface area (Å²) in [5.41, 5.74) is -0.861. The normalized spacial score (nSPS) is 53.8. The van der Waals surface area contributed by atoms with Crippen molar-refractivity contribution in [2.75, 3.05) is 0 Å². The van der Waals surface area contributed by atoms with Gasteiger partial charge in [0.15, 0.2) is 0 Å². The zero-order valence-electron chi connectivity index (χ0n) is 16.2. The Morgan fingerprint density at radius 2 is 1.73 bits per heavy atom. The lowest BCUT2D eigenvalue weighted by molar-refractivity contribution is -0.147. The highest BCUT2D eigenvalue weighted by Crippen LogP contribution is 2.68. The van der Waals surface area contributed by atoms with Crippen LogP contribution in [0, 0.1) is 34.5 Å². The van der Waals surface area contributed by atoms with Crippen LogP contribution >= 0.6 is 0 Å². The summed E-state index contributed by atoms with van der Waals surface area (Å²) < 4.78 is 0. The van der Waals surface area contributed by atoms with Crippen molar-refractivity contribution < 1.29 is 20.1 Å². The molecule has 0 spiro atoms. The SMILES string of the molecule is C[C@]12CC[C@H](O)C[C@@H]1CC[C@@H]1[C@@H]2CC[C@@]2(C)[C@H]1CC[C@@]2(O)/C=C/C(=O)O. The maximum Gasteiger partial charge on any atom is 0.328 e. The Bertz CT molecular complexity index is 615. The molecule has 26 heavy (non-hydrogen) atoms. The van der Waals surface area contributed by atoms with E-state index in [0.717, 1.165) is 44.6 Å². The minimum atomic E-state index is -0.985. The molecule has 4 fully saturated rings. The summed E-state index contributed by atoms with van der Waals surface area (Å²) in [6.45, 7) is 4.67. The van der Waals surface area contributed by atoms with Gasteiger partial charge in [-0.2, -0.15) is 0 Å². The highest BCUT2D eigenvalue weighted by Gasteiger charge is 2.63. The Kier molecular flexibility index (Phi) is 4.31. The molecule has 0 aromatic carbocycles. The number of carbonyl (C=O) groups is 1. The molecular formula is C22H34O4.